The van der Waals surface area contributed by atoms with Gasteiger partial charge in [0.15, 0.2) is 17.6 Å². The molecule has 0 aliphatic carbocycles. The number of ether oxygens (including phenoxy) is 2. The van der Waals surface area contributed by atoms with Crippen LogP contribution < -0.4 is 4.74 Å². The number of rotatable bonds is 6. The minimum Gasteiger partial charge on any atom is -0.491 e. The van der Waals surface area contributed by atoms with E-state index >= 15 is 0 Å². The van der Waals surface area contributed by atoms with Crippen LogP contribution in [0, 0.1) is 5.82 Å². The zero-order valence-electron chi connectivity index (χ0n) is 12.0. The van der Waals surface area contributed by atoms with Crippen molar-refractivity contribution in [1.29, 1.82) is 0 Å². The lowest BCUT2D eigenvalue weighted by Gasteiger charge is -2.32. The Kier molecular flexibility index (Phi) is 5.71. The van der Waals surface area contributed by atoms with Gasteiger partial charge in [0.2, 0.25) is 5.91 Å². The highest BCUT2D eigenvalue weighted by atomic mass is 19.1. The normalized spacial score (nSPS) is 18.0. The summed E-state index contributed by atoms with van der Waals surface area (Å²) in [6, 6.07) is 5.10. The second-order valence-corrected chi connectivity index (χ2v) is 4.90. The number of carboxylic acids is 1. The Hall–Kier alpha value is -2.15. The van der Waals surface area contributed by atoms with E-state index < -0.39 is 17.8 Å². The molecule has 120 valence electrons. The first kappa shape index (κ1) is 16.2. The van der Waals surface area contributed by atoms with Crippen molar-refractivity contribution in [3.05, 3.63) is 30.1 Å². The maximum absolute atomic E-state index is 13.3. The predicted molar refractivity (Wildman–Crippen MR) is 75.1 cm³/mol. The van der Waals surface area contributed by atoms with E-state index in [1.54, 1.807) is 12.1 Å². The minimum absolute atomic E-state index is 0.00675. The van der Waals surface area contributed by atoms with Gasteiger partial charge in [0.1, 0.15) is 0 Å². The molecule has 1 aliphatic rings. The van der Waals surface area contributed by atoms with Crippen LogP contribution >= 0.6 is 0 Å². The summed E-state index contributed by atoms with van der Waals surface area (Å²) in [6.07, 6.45) is 0.537. The summed E-state index contributed by atoms with van der Waals surface area (Å²) >= 11 is 0. The largest absolute Gasteiger partial charge is 0.491 e. The quantitative estimate of drug-likeness (QED) is 0.801. The Labute approximate surface area is 127 Å². The van der Waals surface area contributed by atoms with Gasteiger partial charge >= 0.3 is 5.97 Å². The average molecular weight is 311 g/mol. The van der Waals surface area contributed by atoms with E-state index in [4.69, 9.17) is 14.6 Å². The molecule has 2 rings (SSSR count). The summed E-state index contributed by atoms with van der Waals surface area (Å²) in [6.45, 7) is 0.798. The van der Waals surface area contributed by atoms with Gasteiger partial charge in [0.25, 0.3) is 0 Å². The summed E-state index contributed by atoms with van der Waals surface area (Å²) in [5.41, 5.74) is 0. The summed E-state index contributed by atoms with van der Waals surface area (Å²) in [5.74, 6) is -1.64. The molecule has 0 bridgehead atoms. The number of halogens is 1. The Balaban J connectivity index is 1.77. The van der Waals surface area contributed by atoms with Crippen LogP contribution in [0.4, 0.5) is 4.39 Å². The molecule has 0 radical (unpaired) electrons. The Morgan fingerprint density at radius 1 is 1.41 bits per heavy atom. The maximum Gasteiger partial charge on any atom is 0.328 e. The molecule has 1 atom stereocenters. The zero-order valence-corrected chi connectivity index (χ0v) is 12.0. The van der Waals surface area contributed by atoms with Crippen LogP contribution in [0.25, 0.3) is 0 Å². The lowest BCUT2D eigenvalue weighted by Crippen LogP contribution is -2.52. The molecule has 7 heteroatoms. The van der Waals surface area contributed by atoms with Gasteiger partial charge in [-0.05, 0) is 18.6 Å². The van der Waals surface area contributed by atoms with Gasteiger partial charge in [-0.3, -0.25) is 4.79 Å². The number of carbonyl (C=O) groups is 2. The fourth-order valence-corrected chi connectivity index (χ4v) is 2.22. The number of aliphatic carboxylic acids is 1. The first-order valence-electron chi connectivity index (χ1n) is 7.07. The highest BCUT2D eigenvalue weighted by Crippen LogP contribution is 2.16. The molecule has 0 aromatic heterocycles. The molecule has 6 nitrogen and oxygen atoms in total. The molecule has 1 aromatic rings. The third kappa shape index (κ3) is 4.17. The lowest BCUT2D eigenvalue weighted by molar-refractivity contribution is -0.158. The van der Waals surface area contributed by atoms with Gasteiger partial charge in [-0.1, -0.05) is 12.1 Å². The molecular formula is C15H18FNO5. The molecule has 1 N–H and O–H groups in total. The summed E-state index contributed by atoms with van der Waals surface area (Å²) < 4.78 is 23.7. The van der Waals surface area contributed by atoms with Crippen molar-refractivity contribution in [1.82, 2.24) is 4.90 Å². The third-order valence-electron chi connectivity index (χ3n) is 3.36. The van der Waals surface area contributed by atoms with Crippen LogP contribution in [-0.4, -0.2) is 54.3 Å². The van der Waals surface area contributed by atoms with E-state index in [9.17, 15) is 14.0 Å². The molecule has 1 aromatic carbocycles. The second kappa shape index (κ2) is 7.74. The third-order valence-corrected chi connectivity index (χ3v) is 3.36. The van der Waals surface area contributed by atoms with Crippen LogP contribution in [0.5, 0.6) is 5.75 Å². The smallest absolute Gasteiger partial charge is 0.328 e. The highest BCUT2D eigenvalue weighted by Gasteiger charge is 2.32. The Morgan fingerprint density at radius 2 is 2.18 bits per heavy atom. The Bertz CT molecular complexity index is 536. The number of para-hydroxylation sites is 1. The average Bonchev–Trinajstić information content (AvgIpc) is 2.52. The SMILES string of the molecule is O=C(O)[C@H]1COCCN1C(=O)CCCOc1ccccc1F. The fraction of sp³-hybridized carbons (Fsp3) is 0.467. The van der Waals surface area contributed by atoms with Gasteiger partial charge in [-0.2, -0.15) is 0 Å². The van der Waals surface area contributed by atoms with Crippen LogP contribution in [0.1, 0.15) is 12.8 Å². The number of carboxylic acid groups (broad SMARTS) is 1. The molecule has 1 aliphatic heterocycles. The van der Waals surface area contributed by atoms with E-state index in [1.165, 1.54) is 17.0 Å². The van der Waals surface area contributed by atoms with E-state index in [2.05, 4.69) is 0 Å². The van der Waals surface area contributed by atoms with Gasteiger partial charge in [0, 0.05) is 13.0 Å². The molecule has 0 spiro atoms. The molecule has 0 saturated carbocycles. The number of amides is 1. The molecule has 0 unspecified atom stereocenters. The van der Waals surface area contributed by atoms with Crippen molar-refractivity contribution in [2.45, 2.75) is 18.9 Å². The number of nitrogens with zero attached hydrogens (tertiary/aromatic N) is 1. The van der Waals surface area contributed by atoms with Gasteiger partial charge < -0.3 is 19.5 Å². The maximum atomic E-state index is 13.3. The molecule has 1 heterocycles. The topological polar surface area (TPSA) is 76.1 Å². The lowest BCUT2D eigenvalue weighted by atomic mass is 10.2. The van der Waals surface area contributed by atoms with Crippen LogP contribution in [0.2, 0.25) is 0 Å². The second-order valence-electron chi connectivity index (χ2n) is 4.90. The summed E-state index contributed by atoms with van der Waals surface area (Å²) in [5, 5.41) is 9.07. The fourth-order valence-electron chi connectivity index (χ4n) is 2.22. The minimum atomic E-state index is -1.07. The standard InChI is InChI=1S/C15H18FNO5/c16-11-4-1-2-5-13(11)22-8-3-6-14(18)17-7-9-21-10-12(17)15(19)20/h1-2,4-5,12H,3,6-10H2,(H,19,20)/t12-/m1/s1. The van der Waals surface area contributed by atoms with Crippen molar-refractivity contribution in [2.75, 3.05) is 26.4 Å². The summed E-state index contributed by atoms with van der Waals surface area (Å²) in [4.78, 5) is 24.5. The first-order valence-corrected chi connectivity index (χ1v) is 7.07. The predicted octanol–water partition coefficient (Wildman–Crippen LogP) is 1.30. The molecule has 1 amide bonds. The highest BCUT2D eigenvalue weighted by molar-refractivity contribution is 5.83. The molecule has 22 heavy (non-hydrogen) atoms. The zero-order chi connectivity index (χ0) is 15.9. The van der Waals surface area contributed by atoms with E-state index in [0.29, 0.717) is 13.0 Å². The van der Waals surface area contributed by atoms with Crippen LogP contribution in [-0.2, 0) is 14.3 Å². The van der Waals surface area contributed by atoms with E-state index in [-0.39, 0.29) is 37.8 Å². The molecule has 1 saturated heterocycles. The van der Waals surface area contributed by atoms with Crippen LogP contribution in [0.15, 0.2) is 24.3 Å². The number of morpholine rings is 1. The van der Waals surface area contributed by atoms with E-state index in [1.807, 2.05) is 0 Å². The van der Waals surface area contributed by atoms with Gasteiger partial charge in [0.05, 0.1) is 19.8 Å². The van der Waals surface area contributed by atoms with Crippen molar-refractivity contribution < 1.29 is 28.6 Å². The van der Waals surface area contributed by atoms with Crippen molar-refractivity contribution in [3.8, 4) is 5.75 Å². The van der Waals surface area contributed by atoms with Crippen molar-refractivity contribution >= 4 is 11.9 Å². The number of benzene rings is 1. The van der Waals surface area contributed by atoms with Crippen molar-refractivity contribution in [3.63, 3.8) is 0 Å². The Morgan fingerprint density at radius 3 is 2.91 bits per heavy atom. The van der Waals surface area contributed by atoms with E-state index in [0.717, 1.165) is 0 Å². The first-order chi connectivity index (χ1) is 10.6. The number of hydrogen-bond acceptors (Lipinski definition) is 4. The molecule has 1 fully saturated rings. The van der Waals surface area contributed by atoms with Gasteiger partial charge in [-0.25, -0.2) is 9.18 Å². The molecular weight excluding hydrogens is 293 g/mol. The van der Waals surface area contributed by atoms with Gasteiger partial charge in [-0.15, -0.1) is 0 Å². The van der Waals surface area contributed by atoms with Crippen LogP contribution in [0.3, 0.4) is 0 Å². The number of carbonyl (C=O) groups excluding carboxylic acids is 1. The van der Waals surface area contributed by atoms with Crippen molar-refractivity contribution in [2.24, 2.45) is 0 Å². The monoisotopic (exact) mass is 311 g/mol. The number of hydrogen-bond donors (Lipinski definition) is 1. The summed E-state index contributed by atoms with van der Waals surface area (Å²) in [7, 11) is 0.